The fourth-order valence-electron chi connectivity index (χ4n) is 0.901. The Bertz CT molecular complexity index is 107. The van der Waals surface area contributed by atoms with Gasteiger partial charge in [0, 0.05) is 13.1 Å². The standard InChI is InChI=1S/C6H10NOS/c1-6-4-7(5-9)2-3-8-6/h6H,2-4H2,1H3. The summed E-state index contributed by atoms with van der Waals surface area (Å²) in [6, 6.07) is 0. The van der Waals surface area contributed by atoms with E-state index in [2.05, 4.69) is 17.7 Å². The van der Waals surface area contributed by atoms with Gasteiger partial charge in [-0.25, -0.2) is 0 Å². The highest BCUT2D eigenvalue weighted by atomic mass is 32.1. The lowest BCUT2D eigenvalue weighted by atomic mass is 10.3. The molecule has 0 spiro atoms. The van der Waals surface area contributed by atoms with Crippen molar-refractivity contribution in [2.45, 2.75) is 13.0 Å². The van der Waals surface area contributed by atoms with Gasteiger partial charge in [-0.05, 0) is 6.92 Å². The molecule has 0 aromatic rings. The van der Waals surface area contributed by atoms with Crippen LogP contribution in [-0.2, 0) is 4.74 Å². The van der Waals surface area contributed by atoms with Crippen LogP contribution >= 0.6 is 12.2 Å². The molecular weight excluding hydrogens is 134 g/mol. The minimum atomic E-state index is 0.314. The summed E-state index contributed by atoms with van der Waals surface area (Å²) in [6.45, 7) is 4.61. The summed E-state index contributed by atoms with van der Waals surface area (Å²) in [7, 11) is 0. The Kier molecular flexibility index (Phi) is 2.42. The lowest BCUT2D eigenvalue weighted by Gasteiger charge is -2.28. The van der Waals surface area contributed by atoms with Crippen molar-refractivity contribution in [2.24, 2.45) is 0 Å². The molecule has 1 heterocycles. The summed E-state index contributed by atoms with van der Waals surface area (Å²) in [5, 5.41) is 0. The van der Waals surface area contributed by atoms with Crippen LogP contribution in [0.5, 0.6) is 0 Å². The third kappa shape index (κ3) is 1.91. The van der Waals surface area contributed by atoms with Crippen molar-refractivity contribution in [2.75, 3.05) is 19.7 Å². The molecule has 51 valence electrons. The molecule has 0 N–H and O–H groups in total. The quantitative estimate of drug-likeness (QED) is 0.498. The third-order valence-corrected chi connectivity index (χ3v) is 1.63. The predicted molar refractivity (Wildman–Crippen MR) is 39.6 cm³/mol. The molecule has 1 saturated heterocycles. The van der Waals surface area contributed by atoms with Gasteiger partial charge in [0.15, 0.2) is 0 Å². The van der Waals surface area contributed by atoms with E-state index in [4.69, 9.17) is 4.74 Å². The number of hydrogen-bond acceptors (Lipinski definition) is 2. The van der Waals surface area contributed by atoms with E-state index in [-0.39, 0.29) is 0 Å². The Morgan fingerprint density at radius 2 is 2.56 bits per heavy atom. The molecule has 0 aromatic heterocycles. The number of nitrogens with zero attached hydrogens (tertiary/aromatic N) is 1. The van der Waals surface area contributed by atoms with Crippen LogP contribution < -0.4 is 0 Å². The Morgan fingerprint density at radius 3 is 3.00 bits per heavy atom. The number of ether oxygens (including phenoxy) is 1. The van der Waals surface area contributed by atoms with Crippen LogP contribution in [0.15, 0.2) is 0 Å². The van der Waals surface area contributed by atoms with E-state index in [0.29, 0.717) is 6.10 Å². The first-order valence-corrected chi connectivity index (χ1v) is 3.48. The molecule has 9 heavy (non-hydrogen) atoms. The molecule has 0 bridgehead atoms. The van der Waals surface area contributed by atoms with E-state index in [1.165, 1.54) is 0 Å². The molecule has 3 heteroatoms. The molecule has 0 aromatic carbocycles. The van der Waals surface area contributed by atoms with Crippen molar-refractivity contribution >= 4 is 17.7 Å². The topological polar surface area (TPSA) is 12.5 Å². The molecule has 0 aliphatic carbocycles. The summed E-state index contributed by atoms with van der Waals surface area (Å²) in [6.07, 6.45) is 0.314. The highest BCUT2D eigenvalue weighted by molar-refractivity contribution is 7.78. The van der Waals surface area contributed by atoms with Crippen molar-refractivity contribution in [3.63, 3.8) is 0 Å². The summed E-state index contributed by atoms with van der Waals surface area (Å²) < 4.78 is 5.28. The van der Waals surface area contributed by atoms with Crippen molar-refractivity contribution in [1.82, 2.24) is 4.90 Å². The zero-order valence-electron chi connectivity index (χ0n) is 5.46. The Labute approximate surface area is 60.8 Å². The van der Waals surface area contributed by atoms with Gasteiger partial charge in [-0.2, -0.15) is 0 Å². The monoisotopic (exact) mass is 144 g/mol. The van der Waals surface area contributed by atoms with Gasteiger partial charge in [-0.1, -0.05) is 12.2 Å². The van der Waals surface area contributed by atoms with Gasteiger partial charge in [-0.3, -0.25) is 0 Å². The number of rotatable bonds is 1. The fraction of sp³-hybridized carbons (Fsp3) is 0.833. The molecular formula is C6H10NOS. The predicted octanol–water partition coefficient (Wildman–Crippen LogP) is 0.541. The molecule has 1 atom stereocenters. The second-order valence-electron chi connectivity index (χ2n) is 2.22. The molecule has 1 rings (SSSR count). The smallest absolute Gasteiger partial charge is 0.137 e. The summed E-state index contributed by atoms with van der Waals surface area (Å²) in [4.78, 5) is 1.98. The maximum Gasteiger partial charge on any atom is 0.137 e. The third-order valence-electron chi connectivity index (χ3n) is 1.37. The molecule has 1 fully saturated rings. The van der Waals surface area contributed by atoms with Gasteiger partial charge in [-0.15, -0.1) is 0 Å². The second-order valence-corrected chi connectivity index (χ2v) is 2.40. The first-order chi connectivity index (χ1) is 4.33. The van der Waals surface area contributed by atoms with Crippen LogP contribution in [0.25, 0.3) is 0 Å². The highest BCUT2D eigenvalue weighted by Gasteiger charge is 2.12. The minimum Gasteiger partial charge on any atom is -0.375 e. The average molecular weight is 144 g/mol. The lowest BCUT2D eigenvalue weighted by Crippen LogP contribution is -2.39. The second kappa shape index (κ2) is 3.13. The summed E-state index contributed by atoms with van der Waals surface area (Å²) in [5.74, 6) is 0. The van der Waals surface area contributed by atoms with Crippen molar-refractivity contribution in [3.8, 4) is 0 Å². The average Bonchev–Trinajstić information content (AvgIpc) is 1.88. The molecule has 0 amide bonds. The highest BCUT2D eigenvalue weighted by Crippen LogP contribution is 2.00. The zero-order chi connectivity index (χ0) is 6.69. The normalized spacial score (nSPS) is 28.1. The maximum absolute atomic E-state index is 5.28. The van der Waals surface area contributed by atoms with Crippen LogP contribution in [0.4, 0.5) is 0 Å². The van der Waals surface area contributed by atoms with Crippen LogP contribution in [-0.4, -0.2) is 36.2 Å². The first-order valence-electron chi connectivity index (χ1n) is 3.07. The van der Waals surface area contributed by atoms with E-state index in [1.54, 1.807) is 0 Å². The number of thiocarbonyl (C=S) groups is 1. The van der Waals surface area contributed by atoms with Crippen molar-refractivity contribution < 1.29 is 4.74 Å². The van der Waals surface area contributed by atoms with E-state index in [1.807, 2.05) is 11.8 Å². The van der Waals surface area contributed by atoms with Crippen LogP contribution in [0.3, 0.4) is 0 Å². The molecule has 1 aliphatic heterocycles. The van der Waals surface area contributed by atoms with E-state index < -0.39 is 0 Å². The van der Waals surface area contributed by atoms with Gasteiger partial charge >= 0.3 is 0 Å². The zero-order valence-corrected chi connectivity index (χ0v) is 6.28. The Hall–Kier alpha value is -0.150. The van der Waals surface area contributed by atoms with Crippen LogP contribution in [0, 0.1) is 0 Å². The fourth-order valence-corrected chi connectivity index (χ4v) is 1.07. The molecule has 1 radical (unpaired) electrons. The SMILES string of the molecule is CC1CN([C]=S)CCO1. The molecule has 1 unspecified atom stereocenters. The largest absolute Gasteiger partial charge is 0.375 e. The van der Waals surface area contributed by atoms with Gasteiger partial charge in [0.1, 0.15) is 5.49 Å². The van der Waals surface area contributed by atoms with Crippen LogP contribution in [0.2, 0.25) is 0 Å². The Balaban J connectivity index is 2.31. The van der Waals surface area contributed by atoms with E-state index in [9.17, 15) is 0 Å². The maximum atomic E-state index is 5.28. The van der Waals surface area contributed by atoms with Crippen molar-refractivity contribution in [1.29, 1.82) is 0 Å². The first kappa shape index (κ1) is 6.96. The summed E-state index contributed by atoms with van der Waals surface area (Å²) >= 11 is 4.65. The minimum absolute atomic E-state index is 0.314. The molecule has 2 nitrogen and oxygen atoms in total. The molecule has 0 saturated carbocycles. The number of morpholine rings is 1. The van der Waals surface area contributed by atoms with Gasteiger partial charge in [0.25, 0.3) is 0 Å². The van der Waals surface area contributed by atoms with E-state index in [0.717, 1.165) is 19.7 Å². The lowest BCUT2D eigenvalue weighted by molar-refractivity contribution is 0.00807. The number of hydrogen-bond donors (Lipinski definition) is 0. The van der Waals surface area contributed by atoms with Gasteiger partial charge in [0.2, 0.25) is 0 Å². The van der Waals surface area contributed by atoms with E-state index >= 15 is 0 Å². The Morgan fingerprint density at radius 1 is 1.78 bits per heavy atom. The summed E-state index contributed by atoms with van der Waals surface area (Å²) in [5.41, 5.74) is 2.67. The van der Waals surface area contributed by atoms with Crippen molar-refractivity contribution in [3.05, 3.63) is 0 Å². The van der Waals surface area contributed by atoms with Crippen LogP contribution in [0.1, 0.15) is 6.92 Å². The molecule has 1 aliphatic rings. The van der Waals surface area contributed by atoms with Gasteiger partial charge in [0.05, 0.1) is 12.7 Å². The van der Waals surface area contributed by atoms with Gasteiger partial charge < -0.3 is 9.64 Å².